The number of benzene rings is 3. The number of methoxy groups -OCH3 is 1. The fraction of sp³-hybridized carbons (Fsp3) is 0.250. The summed E-state index contributed by atoms with van der Waals surface area (Å²) in [5.41, 5.74) is 10.3. The Morgan fingerprint density at radius 3 is 2.39 bits per heavy atom. The molecule has 3 N–H and O–H groups in total. The molecule has 0 bridgehead atoms. The van der Waals surface area contributed by atoms with Crippen molar-refractivity contribution in [3.05, 3.63) is 106 Å². The fourth-order valence-corrected chi connectivity index (χ4v) is 6.31. The Hall–Kier alpha value is -4.50. The van der Waals surface area contributed by atoms with Crippen molar-refractivity contribution in [2.24, 2.45) is 0 Å². The van der Waals surface area contributed by atoms with Gasteiger partial charge in [0.2, 0.25) is 5.95 Å². The van der Waals surface area contributed by atoms with Gasteiger partial charge in [0.25, 0.3) is 11.5 Å². The predicted molar refractivity (Wildman–Crippen MR) is 164 cm³/mol. The average Bonchev–Trinajstić information content (AvgIpc) is 3.01. The molecule has 41 heavy (non-hydrogen) atoms. The van der Waals surface area contributed by atoms with Crippen LogP contribution in [0.25, 0.3) is 16.9 Å². The Balaban J connectivity index is 1.43. The van der Waals surface area contributed by atoms with Crippen LogP contribution in [0.1, 0.15) is 53.6 Å². The lowest BCUT2D eigenvalue weighted by atomic mass is 9.62. The number of ether oxygens (including phenoxy) is 1. The lowest BCUT2D eigenvalue weighted by molar-refractivity contribution is 0.0977. The Morgan fingerprint density at radius 1 is 0.951 bits per heavy atom. The molecule has 2 aliphatic rings. The molecule has 1 fully saturated rings. The maximum Gasteiger partial charge on any atom is 0.263 e. The molecular weight excluding hydrogens is 534 g/mol. The molecule has 208 valence electrons. The third-order valence-electron chi connectivity index (χ3n) is 8.11. The van der Waals surface area contributed by atoms with Crippen molar-refractivity contribution in [2.75, 3.05) is 12.5 Å². The Morgan fingerprint density at radius 2 is 1.66 bits per heavy atom. The molecule has 3 aromatic carbocycles. The molecule has 0 atom stereocenters. The number of carbonyl (C=O) groups excluding carboxylic acids is 1. The van der Waals surface area contributed by atoms with E-state index in [2.05, 4.69) is 22.2 Å². The third-order valence-corrected chi connectivity index (χ3v) is 8.31. The van der Waals surface area contributed by atoms with Crippen LogP contribution in [0, 0.1) is 0 Å². The van der Waals surface area contributed by atoms with Gasteiger partial charge in [0.05, 0.1) is 24.1 Å². The van der Waals surface area contributed by atoms with Gasteiger partial charge in [-0.2, -0.15) is 0 Å². The highest BCUT2D eigenvalue weighted by molar-refractivity contribution is 7.80. The summed E-state index contributed by atoms with van der Waals surface area (Å²) < 4.78 is 6.93. The summed E-state index contributed by atoms with van der Waals surface area (Å²) in [5.74, 6) is 0.602. The van der Waals surface area contributed by atoms with Crippen LogP contribution >= 0.6 is 12.2 Å². The van der Waals surface area contributed by atoms with E-state index in [9.17, 15) is 9.59 Å². The zero-order chi connectivity index (χ0) is 28.4. The highest BCUT2D eigenvalue weighted by Crippen LogP contribution is 2.48. The number of aromatic nitrogens is 2. The van der Waals surface area contributed by atoms with E-state index >= 15 is 0 Å². The topological polar surface area (TPSA) is 97.3 Å². The van der Waals surface area contributed by atoms with Crippen LogP contribution in [0.5, 0.6) is 5.75 Å². The Kier molecular flexibility index (Phi) is 7.28. The quantitative estimate of drug-likeness (QED) is 0.223. The second-order valence-corrected chi connectivity index (χ2v) is 11.0. The molecule has 1 aromatic heterocycles. The van der Waals surface area contributed by atoms with Gasteiger partial charge in [0.15, 0.2) is 5.11 Å². The first-order chi connectivity index (χ1) is 20.0. The molecule has 0 unspecified atom stereocenters. The molecule has 1 amide bonds. The van der Waals surface area contributed by atoms with E-state index in [1.807, 2.05) is 48.5 Å². The smallest absolute Gasteiger partial charge is 0.263 e. The average molecular weight is 566 g/mol. The van der Waals surface area contributed by atoms with Gasteiger partial charge in [0, 0.05) is 16.5 Å². The van der Waals surface area contributed by atoms with Crippen molar-refractivity contribution >= 4 is 29.2 Å². The van der Waals surface area contributed by atoms with Gasteiger partial charge in [-0.1, -0.05) is 61.7 Å². The number of nitrogens with one attached hydrogen (secondary N) is 3. The van der Waals surface area contributed by atoms with Gasteiger partial charge in [-0.05, 0) is 73.4 Å². The van der Waals surface area contributed by atoms with E-state index in [1.54, 1.807) is 35.9 Å². The first-order valence-electron chi connectivity index (χ1n) is 13.8. The van der Waals surface area contributed by atoms with Gasteiger partial charge < -0.3 is 4.74 Å². The summed E-state index contributed by atoms with van der Waals surface area (Å²) in [7, 11) is 1.60. The molecule has 0 aliphatic heterocycles. The normalized spacial score (nSPS) is 14.9. The van der Waals surface area contributed by atoms with Crippen molar-refractivity contribution in [3.63, 3.8) is 0 Å². The molecule has 8 nitrogen and oxygen atoms in total. The first-order valence-corrected chi connectivity index (χ1v) is 14.2. The number of amides is 1. The Bertz CT molecular complexity index is 1660. The van der Waals surface area contributed by atoms with Crippen molar-refractivity contribution in [1.82, 2.24) is 20.3 Å². The summed E-state index contributed by atoms with van der Waals surface area (Å²) in [6, 6.07) is 24.3. The molecule has 9 heteroatoms. The van der Waals surface area contributed by atoms with Crippen molar-refractivity contribution in [3.8, 4) is 22.7 Å². The number of hydrogen-bond acceptors (Lipinski definition) is 6. The summed E-state index contributed by atoms with van der Waals surface area (Å²) in [5, 5.41) is 2.72. The molecule has 0 radical (unpaired) electrons. The third kappa shape index (κ3) is 5.09. The summed E-state index contributed by atoms with van der Waals surface area (Å²) in [6.07, 6.45) is 6.08. The van der Waals surface area contributed by atoms with Crippen LogP contribution in [0.3, 0.4) is 0 Å². The molecule has 0 saturated heterocycles. The molecular formula is C32H31N5O3S. The number of thiocarbonyl (C=S) groups is 1. The zero-order valence-corrected chi connectivity index (χ0v) is 23.6. The highest BCUT2D eigenvalue weighted by atomic mass is 32.1. The molecule has 1 heterocycles. The van der Waals surface area contributed by atoms with Gasteiger partial charge in [0.1, 0.15) is 5.75 Å². The van der Waals surface area contributed by atoms with E-state index in [-0.39, 0.29) is 27.9 Å². The maximum atomic E-state index is 14.6. The zero-order valence-electron chi connectivity index (χ0n) is 22.8. The lowest BCUT2D eigenvalue weighted by Crippen LogP contribution is -2.45. The molecule has 4 aromatic rings. The minimum atomic E-state index is -0.344. The summed E-state index contributed by atoms with van der Waals surface area (Å²) >= 11 is 5.40. The number of hydrazine groups is 1. The van der Waals surface area contributed by atoms with E-state index in [0.29, 0.717) is 22.7 Å². The maximum absolute atomic E-state index is 14.6. The number of rotatable bonds is 5. The number of nitrogens with zero attached hydrogens (tertiary/aromatic N) is 2. The minimum absolute atomic E-state index is 0.0521. The number of anilines is 1. The van der Waals surface area contributed by atoms with Gasteiger partial charge in [-0.15, -0.1) is 0 Å². The predicted octanol–water partition coefficient (Wildman–Crippen LogP) is 5.30. The standard InChI is InChI=1S/C32H31N5O3S/c1-40-24-16-14-23(15-17-24)37-29(39)26-27(25-13-7-6-12-22(25)20-32(26)18-8-3-9-19-32)33-30(37)35-36-31(41)34-28(38)21-10-4-2-5-11-21/h2,4-7,10-17H,3,8-9,18-20H2,1H3,(H,33,35)(H2,34,36,38,41). The van der Waals surface area contributed by atoms with Crippen LogP contribution in [0.2, 0.25) is 0 Å². The van der Waals surface area contributed by atoms with Crippen LogP contribution < -0.4 is 26.5 Å². The van der Waals surface area contributed by atoms with Gasteiger partial charge >= 0.3 is 0 Å². The largest absolute Gasteiger partial charge is 0.497 e. The summed E-state index contributed by atoms with van der Waals surface area (Å²) in [4.78, 5) is 32.3. The second kappa shape index (κ2) is 11.2. The van der Waals surface area contributed by atoms with Crippen molar-refractivity contribution in [2.45, 2.75) is 43.9 Å². The SMILES string of the molecule is COc1ccc(-n2c(NNC(=S)NC(=O)c3ccccc3)nc3c(c2=O)C2(CCCCC2)Cc2ccccc2-3)cc1. The van der Waals surface area contributed by atoms with E-state index in [1.165, 1.54) is 12.0 Å². The van der Waals surface area contributed by atoms with Crippen LogP contribution in [-0.4, -0.2) is 27.7 Å². The van der Waals surface area contributed by atoms with Crippen LogP contribution in [0.4, 0.5) is 5.95 Å². The number of hydrogen-bond donors (Lipinski definition) is 3. The van der Waals surface area contributed by atoms with Crippen LogP contribution in [0.15, 0.2) is 83.7 Å². The summed E-state index contributed by atoms with van der Waals surface area (Å²) in [6.45, 7) is 0. The Labute approximate surface area is 243 Å². The van der Waals surface area contributed by atoms with Gasteiger partial charge in [-0.3, -0.25) is 25.8 Å². The first kappa shape index (κ1) is 26.7. The lowest BCUT2D eigenvalue weighted by Gasteiger charge is -2.42. The van der Waals surface area contributed by atoms with E-state index in [0.717, 1.165) is 43.2 Å². The minimum Gasteiger partial charge on any atom is -0.497 e. The molecule has 6 rings (SSSR count). The van der Waals surface area contributed by atoms with E-state index < -0.39 is 0 Å². The number of fused-ring (bicyclic) bond motifs is 4. The number of carbonyl (C=O) groups is 1. The molecule has 1 saturated carbocycles. The van der Waals surface area contributed by atoms with Gasteiger partial charge in [-0.25, -0.2) is 9.55 Å². The molecule has 2 aliphatic carbocycles. The second-order valence-electron chi connectivity index (χ2n) is 10.6. The highest BCUT2D eigenvalue weighted by Gasteiger charge is 2.43. The fourth-order valence-electron chi connectivity index (χ4n) is 6.17. The van der Waals surface area contributed by atoms with Crippen molar-refractivity contribution in [1.29, 1.82) is 0 Å². The van der Waals surface area contributed by atoms with Crippen molar-refractivity contribution < 1.29 is 9.53 Å². The van der Waals surface area contributed by atoms with Crippen LogP contribution in [-0.2, 0) is 11.8 Å². The monoisotopic (exact) mass is 565 g/mol. The van der Waals surface area contributed by atoms with E-state index in [4.69, 9.17) is 21.9 Å². The molecule has 1 spiro atoms.